The number of hydrogen-bond acceptors (Lipinski definition) is 4. The highest BCUT2D eigenvalue weighted by atomic mass is 15.3. The lowest BCUT2D eigenvalue weighted by Crippen LogP contribution is -2.34. The Kier molecular flexibility index (Phi) is 4.69. The number of aromatic nitrogens is 2. The van der Waals surface area contributed by atoms with Crippen LogP contribution in [-0.4, -0.2) is 29.6 Å². The van der Waals surface area contributed by atoms with Crippen LogP contribution in [0.4, 0.5) is 17.3 Å². The zero-order chi connectivity index (χ0) is 18.8. The average Bonchev–Trinajstić information content (AvgIpc) is 2.79. The predicted molar refractivity (Wildman–Crippen MR) is 115 cm³/mol. The molecule has 0 spiro atoms. The molecule has 0 amide bonds. The molecule has 2 aromatic carbocycles. The molecule has 3 heterocycles. The molecule has 0 saturated carbocycles. The highest BCUT2D eigenvalue weighted by molar-refractivity contribution is 5.73. The first-order chi connectivity index (χ1) is 13.9. The summed E-state index contributed by atoms with van der Waals surface area (Å²) in [4.78, 5) is 15.0. The molecule has 1 fully saturated rings. The molecule has 4 nitrogen and oxygen atoms in total. The van der Waals surface area contributed by atoms with Crippen LogP contribution in [0.5, 0.6) is 0 Å². The van der Waals surface area contributed by atoms with Crippen molar-refractivity contribution in [2.75, 3.05) is 29.4 Å². The van der Waals surface area contributed by atoms with Gasteiger partial charge in [0, 0.05) is 36.4 Å². The Morgan fingerprint density at radius 1 is 0.643 bits per heavy atom. The van der Waals surface area contributed by atoms with Gasteiger partial charge in [-0.05, 0) is 44.2 Å². The number of para-hydroxylation sites is 1. The zero-order valence-electron chi connectivity index (χ0n) is 16.2. The second kappa shape index (κ2) is 7.63. The predicted octanol–water partition coefficient (Wildman–Crippen LogP) is 5.22. The minimum atomic E-state index is 0.836. The van der Waals surface area contributed by atoms with Crippen molar-refractivity contribution in [3.8, 4) is 11.4 Å². The number of rotatable bonds is 3. The van der Waals surface area contributed by atoms with Crippen molar-refractivity contribution in [1.29, 1.82) is 0 Å². The van der Waals surface area contributed by atoms with Crippen LogP contribution in [0.25, 0.3) is 11.4 Å². The van der Waals surface area contributed by atoms with Crippen LogP contribution in [-0.2, 0) is 6.42 Å². The Morgan fingerprint density at radius 2 is 1.32 bits per heavy atom. The fraction of sp³-hybridized carbons (Fsp3) is 0.333. The van der Waals surface area contributed by atoms with E-state index in [2.05, 4.69) is 64.4 Å². The fourth-order valence-electron chi connectivity index (χ4n) is 4.37. The normalized spacial score (nSPS) is 16.7. The third-order valence-electron chi connectivity index (χ3n) is 5.78. The SMILES string of the molecule is c1ccc(-c2nc(N3CCCCC3)c3c(n2)N(c2ccccc2)CCC3)cc1. The van der Waals surface area contributed by atoms with Crippen molar-refractivity contribution in [3.05, 3.63) is 66.2 Å². The van der Waals surface area contributed by atoms with Crippen LogP contribution in [0.1, 0.15) is 31.2 Å². The molecule has 4 heteroatoms. The molecule has 5 rings (SSSR count). The van der Waals surface area contributed by atoms with Gasteiger partial charge in [0.1, 0.15) is 11.6 Å². The van der Waals surface area contributed by atoms with E-state index in [1.54, 1.807) is 0 Å². The topological polar surface area (TPSA) is 32.3 Å². The molecule has 1 saturated heterocycles. The van der Waals surface area contributed by atoms with Gasteiger partial charge in [0.15, 0.2) is 5.82 Å². The summed E-state index contributed by atoms with van der Waals surface area (Å²) in [6, 6.07) is 21.0. The van der Waals surface area contributed by atoms with Crippen molar-refractivity contribution in [1.82, 2.24) is 9.97 Å². The van der Waals surface area contributed by atoms with Gasteiger partial charge in [0.2, 0.25) is 0 Å². The molecular formula is C24H26N4. The van der Waals surface area contributed by atoms with Crippen LogP contribution in [0, 0.1) is 0 Å². The van der Waals surface area contributed by atoms with Gasteiger partial charge in [-0.1, -0.05) is 48.5 Å². The van der Waals surface area contributed by atoms with Crippen LogP contribution < -0.4 is 9.80 Å². The molecule has 2 aliphatic heterocycles. The summed E-state index contributed by atoms with van der Waals surface area (Å²) in [5, 5.41) is 0. The number of benzene rings is 2. The van der Waals surface area contributed by atoms with Crippen molar-refractivity contribution in [2.24, 2.45) is 0 Å². The lowest BCUT2D eigenvalue weighted by Gasteiger charge is -2.35. The summed E-state index contributed by atoms with van der Waals surface area (Å²) in [5.41, 5.74) is 3.62. The molecule has 0 N–H and O–H groups in total. The van der Waals surface area contributed by atoms with E-state index >= 15 is 0 Å². The highest BCUT2D eigenvalue weighted by Crippen LogP contribution is 2.38. The Morgan fingerprint density at radius 3 is 2.07 bits per heavy atom. The fourth-order valence-corrected chi connectivity index (χ4v) is 4.37. The van der Waals surface area contributed by atoms with Crippen LogP contribution in [0.3, 0.4) is 0 Å². The number of piperidine rings is 1. The van der Waals surface area contributed by atoms with Crippen LogP contribution in [0.15, 0.2) is 60.7 Å². The Bertz CT molecular complexity index is 934. The van der Waals surface area contributed by atoms with Crippen LogP contribution in [0.2, 0.25) is 0 Å². The molecule has 3 aromatic rings. The number of fused-ring (bicyclic) bond motifs is 1. The smallest absolute Gasteiger partial charge is 0.163 e. The maximum atomic E-state index is 5.10. The summed E-state index contributed by atoms with van der Waals surface area (Å²) in [6.45, 7) is 3.20. The lowest BCUT2D eigenvalue weighted by molar-refractivity contribution is 0.569. The molecular weight excluding hydrogens is 344 g/mol. The van der Waals surface area contributed by atoms with E-state index in [1.807, 2.05) is 6.07 Å². The minimum Gasteiger partial charge on any atom is -0.356 e. The van der Waals surface area contributed by atoms with Gasteiger partial charge in [-0.2, -0.15) is 0 Å². The van der Waals surface area contributed by atoms with Crippen LogP contribution >= 0.6 is 0 Å². The Hall–Kier alpha value is -2.88. The molecule has 2 aliphatic rings. The number of hydrogen-bond donors (Lipinski definition) is 0. The number of anilines is 3. The van der Waals surface area contributed by atoms with Gasteiger partial charge < -0.3 is 9.80 Å². The van der Waals surface area contributed by atoms with E-state index in [0.29, 0.717) is 0 Å². The number of nitrogens with zero attached hydrogens (tertiary/aromatic N) is 4. The molecule has 28 heavy (non-hydrogen) atoms. The standard InChI is InChI=1S/C24H26N4/c1-4-11-19(12-5-1)22-25-23(27-16-8-3-9-17-27)21-15-10-18-28(24(21)26-22)20-13-6-2-7-14-20/h1-2,4-7,11-14H,3,8-10,15-18H2. The summed E-state index contributed by atoms with van der Waals surface area (Å²) < 4.78 is 0. The maximum absolute atomic E-state index is 5.10. The molecule has 0 radical (unpaired) electrons. The summed E-state index contributed by atoms with van der Waals surface area (Å²) in [7, 11) is 0. The van der Waals surface area contributed by atoms with Gasteiger partial charge in [0.25, 0.3) is 0 Å². The Balaban J connectivity index is 1.67. The van der Waals surface area contributed by atoms with Gasteiger partial charge in [-0.25, -0.2) is 9.97 Å². The summed E-state index contributed by atoms with van der Waals surface area (Å²) >= 11 is 0. The van der Waals surface area contributed by atoms with Crippen molar-refractivity contribution in [2.45, 2.75) is 32.1 Å². The molecule has 1 aromatic heterocycles. The largest absolute Gasteiger partial charge is 0.356 e. The maximum Gasteiger partial charge on any atom is 0.163 e. The average molecular weight is 371 g/mol. The van der Waals surface area contributed by atoms with E-state index in [0.717, 1.165) is 55.5 Å². The van der Waals surface area contributed by atoms with E-state index in [9.17, 15) is 0 Å². The first kappa shape index (κ1) is 17.2. The molecule has 0 unspecified atom stereocenters. The Labute approximate surface area is 166 Å². The third kappa shape index (κ3) is 3.24. The van der Waals surface area contributed by atoms with Gasteiger partial charge in [-0.3, -0.25) is 0 Å². The first-order valence-electron chi connectivity index (χ1n) is 10.4. The lowest BCUT2D eigenvalue weighted by atomic mass is 10.0. The zero-order valence-corrected chi connectivity index (χ0v) is 16.2. The molecule has 0 bridgehead atoms. The van der Waals surface area contributed by atoms with E-state index < -0.39 is 0 Å². The monoisotopic (exact) mass is 370 g/mol. The molecule has 142 valence electrons. The second-order valence-corrected chi connectivity index (χ2v) is 7.68. The van der Waals surface area contributed by atoms with Gasteiger partial charge in [-0.15, -0.1) is 0 Å². The highest BCUT2D eigenvalue weighted by Gasteiger charge is 2.27. The minimum absolute atomic E-state index is 0.836. The van der Waals surface area contributed by atoms with E-state index in [1.165, 1.54) is 30.5 Å². The van der Waals surface area contributed by atoms with Crippen molar-refractivity contribution in [3.63, 3.8) is 0 Å². The molecule has 0 atom stereocenters. The van der Waals surface area contributed by atoms with Gasteiger partial charge >= 0.3 is 0 Å². The second-order valence-electron chi connectivity index (χ2n) is 7.68. The third-order valence-corrected chi connectivity index (χ3v) is 5.78. The van der Waals surface area contributed by atoms with E-state index in [4.69, 9.17) is 9.97 Å². The van der Waals surface area contributed by atoms with Gasteiger partial charge in [0.05, 0.1) is 0 Å². The first-order valence-corrected chi connectivity index (χ1v) is 10.4. The van der Waals surface area contributed by atoms with Crippen molar-refractivity contribution >= 4 is 17.3 Å². The quantitative estimate of drug-likeness (QED) is 0.633. The van der Waals surface area contributed by atoms with E-state index in [-0.39, 0.29) is 0 Å². The summed E-state index contributed by atoms with van der Waals surface area (Å²) in [5.74, 6) is 3.08. The van der Waals surface area contributed by atoms with Crippen molar-refractivity contribution < 1.29 is 0 Å². The summed E-state index contributed by atoms with van der Waals surface area (Å²) in [6.07, 6.45) is 6.02. The molecule has 0 aliphatic carbocycles.